The van der Waals surface area contributed by atoms with Gasteiger partial charge in [0.2, 0.25) is 5.16 Å². The van der Waals surface area contributed by atoms with Gasteiger partial charge in [0.1, 0.15) is 43.2 Å². The van der Waals surface area contributed by atoms with Crippen LogP contribution in [0.15, 0.2) is 317 Å². The molecule has 6 aromatic heterocycles. The standard InChI is InChI=1S/C18H16N4OS.2C18H16N4S.C17H15ClFN3S.C17H14F3N3S.C17H18N4S/c1-13-7-8-17(23-2)16(9-13)22-12-20-21-18(22)24-11-15-6-4-3-5-14(15)10-19;1-13-3-8-17(9-14(13)2)22-12-20-21-18(22)23-11-16-6-4-15(10-19)5-7-16;1-13-6-7-14(2)17(8-13)22-12-20-21-18(22)23-11-16-5-3-4-15(9-16)10-19;1-11-5-3-8-16(12(11)2)22-10-20-21-17(22)23-9-13-14(18)6-4-7-15(13)19;1-12-5-2-3-8-15(12)23-11-21-22-16(23)24-10-13-6-4-7-14(9-13)17(18,19)20;1-12-5-8-15(9-6-12)11-22-17-18-19-20-21(17)16-10-13(2)4-7-14(16)3/h3-9,12H,11H2,1-2H3;2*3-9,12H,11H2,1-2H3;3-8,10H,9H2,1-2H3;2-9,11H,10H2,1H3;4-10H,11H2,1-3H3. The Morgan fingerprint density at radius 1 is 0.353 bits per heavy atom. The van der Waals surface area contributed by atoms with Crippen molar-refractivity contribution in [3.63, 3.8) is 0 Å². The number of nitrogens with zero attached hydrogens (tertiary/aromatic N) is 22. The molecule has 0 unspecified atom stereocenters. The van der Waals surface area contributed by atoms with E-state index in [0.717, 1.165) is 123 Å². The molecule has 18 aromatic rings. The molecule has 0 amide bonds. The molecule has 0 aliphatic carbocycles. The molecule has 34 heteroatoms. The van der Waals surface area contributed by atoms with Crippen molar-refractivity contribution in [1.29, 1.82) is 15.8 Å². The first-order valence-electron chi connectivity index (χ1n) is 43.4. The van der Waals surface area contributed by atoms with Crippen LogP contribution in [-0.2, 0) is 40.7 Å². The Bertz CT molecular complexity index is 7320. The maximum atomic E-state index is 13.9. The van der Waals surface area contributed by atoms with Crippen molar-refractivity contribution in [1.82, 2.24) is 94.0 Å². The van der Waals surface area contributed by atoms with Crippen LogP contribution in [0, 0.1) is 116 Å². The number of ether oxygens (including phenoxy) is 1. The number of aryl methyl sites for hydroxylation is 10. The van der Waals surface area contributed by atoms with Crippen LogP contribution in [0.4, 0.5) is 17.6 Å². The molecule has 18 rings (SSSR count). The van der Waals surface area contributed by atoms with Gasteiger partial charge < -0.3 is 4.74 Å². The van der Waals surface area contributed by atoms with Gasteiger partial charge in [-0.15, -0.1) is 56.1 Å². The van der Waals surface area contributed by atoms with Crippen molar-refractivity contribution in [3.8, 4) is 58.1 Å². The van der Waals surface area contributed by atoms with Crippen molar-refractivity contribution in [2.24, 2.45) is 0 Å². The molecule has 0 spiro atoms. The highest BCUT2D eigenvalue weighted by Gasteiger charge is 2.31. The van der Waals surface area contributed by atoms with E-state index in [-0.39, 0.29) is 5.82 Å². The van der Waals surface area contributed by atoms with Crippen LogP contribution in [0.1, 0.15) is 117 Å². The highest BCUT2D eigenvalue weighted by atomic mass is 35.5. The van der Waals surface area contributed by atoms with Gasteiger partial charge in [0.15, 0.2) is 25.8 Å². The van der Waals surface area contributed by atoms with E-state index in [2.05, 4.69) is 232 Å². The number of halogens is 5. The minimum Gasteiger partial charge on any atom is -0.495 e. The number of rotatable bonds is 25. The summed E-state index contributed by atoms with van der Waals surface area (Å²) >= 11 is 15.3. The van der Waals surface area contributed by atoms with Gasteiger partial charge >= 0.3 is 6.18 Å². The fourth-order valence-corrected chi connectivity index (χ4v) is 19.4. The van der Waals surface area contributed by atoms with Crippen molar-refractivity contribution in [2.45, 2.75) is 148 Å². The smallest absolute Gasteiger partial charge is 0.416 e. The summed E-state index contributed by atoms with van der Waals surface area (Å²) in [6.07, 6.45) is 4.11. The predicted molar refractivity (Wildman–Crippen MR) is 545 cm³/mol. The molecule has 0 aliphatic rings. The van der Waals surface area contributed by atoms with Crippen LogP contribution in [0.5, 0.6) is 5.75 Å². The van der Waals surface area contributed by atoms with Crippen molar-refractivity contribution in [3.05, 3.63) is 414 Å². The number of benzene rings is 12. The van der Waals surface area contributed by atoms with Gasteiger partial charge in [-0.3, -0.25) is 22.8 Å². The Kier molecular flexibility index (Phi) is 36.5. The van der Waals surface area contributed by atoms with E-state index < -0.39 is 11.7 Å². The number of tetrazole rings is 1. The molecular formula is C105H95ClF4N22OS6. The van der Waals surface area contributed by atoms with Crippen LogP contribution in [-0.4, -0.2) is 101 Å². The van der Waals surface area contributed by atoms with E-state index in [4.69, 9.17) is 26.9 Å². The predicted octanol–water partition coefficient (Wildman–Crippen LogP) is 25.6. The van der Waals surface area contributed by atoms with Crippen LogP contribution >= 0.6 is 82.2 Å². The topological polar surface area (TPSA) is 278 Å². The van der Waals surface area contributed by atoms with Crippen LogP contribution in [0.3, 0.4) is 0 Å². The molecule has 0 N–H and O–H groups in total. The molecule has 6 heterocycles. The van der Waals surface area contributed by atoms with Gasteiger partial charge in [-0.25, -0.2) is 4.39 Å². The quantitative estimate of drug-likeness (QED) is 0.0380. The zero-order chi connectivity index (χ0) is 98.5. The number of aromatic nitrogens is 19. The Morgan fingerprint density at radius 3 is 1.41 bits per heavy atom. The van der Waals surface area contributed by atoms with Crippen LogP contribution < -0.4 is 4.74 Å². The monoisotopic (exact) mass is 1980 g/mol. The fourth-order valence-electron chi connectivity index (χ4n) is 13.7. The summed E-state index contributed by atoms with van der Waals surface area (Å²) in [5, 5.41) is 85.1. The van der Waals surface area contributed by atoms with E-state index in [0.29, 0.717) is 60.4 Å². The molecule has 0 saturated carbocycles. The lowest BCUT2D eigenvalue weighted by Crippen LogP contribution is -2.05. The average molecular weight is 1980 g/mol. The van der Waals surface area contributed by atoms with Gasteiger partial charge in [-0.05, 0) is 267 Å². The lowest BCUT2D eigenvalue weighted by molar-refractivity contribution is -0.137. The maximum absolute atomic E-state index is 13.9. The molecule has 0 saturated heterocycles. The second-order valence-corrected chi connectivity index (χ2v) is 37.9. The van der Waals surface area contributed by atoms with Crippen LogP contribution in [0.2, 0.25) is 5.02 Å². The number of methoxy groups -OCH3 is 1. The number of hydrogen-bond donors (Lipinski definition) is 0. The Balaban J connectivity index is 0.000000141. The Hall–Kier alpha value is -14.2. The Labute approximate surface area is 835 Å². The highest BCUT2D eigenvalue weighted by molar-refractivity contribution is 7.99. The first-order valence-corrected chi connectivity index (χ1v) is 49.7. The molecule has 0 atom stereocenters. The van der Waals surface area contributed by atoms with E-state index in [9.17, 15) is 22.8 Å². The van der Waals surface area contributed by atoms with Crippen molar-refractivity contribution >= 4 is 82.2 Å². The van der Waals surface area contributed by atoms with E-state index in [1.165, 1.54) is 98.0 Å². The third-order valence-corrected chi connectivity index (χ3v) is 28.0. The zero-order valence-corrected chi connectivity index (χ0v) is 83.6. The largest absolute Gasteiger partial charge is 0.495 e. The second-order valence-electron chi connectivity index (χ2n) is 31.8. The van der Waals surface area contributed by atoms with Gasteiger partial charge in [0.25, 0.3) is 0 Å². The summed E-state index contributed by atoms with van der Waals surface area (Å²) < 4.78 is 69.2. The minimum absolute atomic E-state index is 0.303. The zero-order valence-electron chi connectivity index (χ0n) is 78.0. The summed E-state index contributed by atoms with van der Waals surface area (Å²) in [5.74, 6) is 4.28. The molecule has 139 heavy (non-hydrogen) atoms. The molecular weight excluding hydrogens is 1890 g/mol. The van der Waals surface area contributed by atoms with Gasteiger partial charge in [-0.1, -0.05) is 245 Å². The van der Waals surface area contributed by atoms with Gasteiger partial charge in [-0.2, -0.15) is 33.6 Å². The van der Waals surface area contributed by atoms with Crippen molar-refractivity contribution < 1.29 is 22.3 Å². The summed E-state index contributed by atoms with van der Waals surface area (Å²) in [6.45, 7) is 22.8. The summed E-state index contributed by atoms with van der Waals surface area (Å²) in [5.41, 5.74) is 26.2. The number of thioether (sulfide) groups is 6. The number of para-hydroxylation sites is 1. The first-order chi connectivity index (χ1) is 67.2. The number of hydrogen-bond acceptors (Lipinski definition) is 23. The molecule has 0 aliphatic heterocycles. The maximum Gasteiger partial charge on any atom is 0.416 e. The molecule has 12 aromatic carbocycles. The first kappa shape index (κ1) is 102. The molecule has 0 bridgehead atoms. The summed E-state index contributed by atoms with van der Waals surface area (Å²) in [7, 11) is 1.65. The van der Waals surface area contributed by atoms with E-state index >= 15 is 0 Å². The second kappa shape index (κ2) is 49.7. The molecule has 0 fully saturated rings. The minimum atomic E-state index is -4.33. The molecule has 702 valence electrons. The van der Waals surface area contributed by atoms with E-state index in [1.54, 1.807) is 92.2 Å². The van der Waals surface area contributed by atoms with Crippen LogP contribution in [0.25, 0.3) is 34.1 Å². The lowest BCUT2D eigenvalue weighted by Gasteiger charge is -2.12. The normalized spacial score (nSPS) is 10.8. The summed E-state index contributed by atoms with van der Waals surface area (Å²) in [6, 6.07) is 86.8. The Morgan fingerprint density at radius 2 is 0.813 bits per heavy atom. The average Bonchev–Trinajstić information content (AvgIpc) is 1.74. The molecule has 0 radical (unpaired) electrons. The highest BCUT2D eigenvalue weighted by Crippen LogP contribution is 2.37. The van der Waals surface area contributed by atoms with Gasteiger partial charge in [0.05, 0.1) is 76.0 Å². The number of alkyl halides is 3. The third kappa shape index (κ3) is 28.1. The van der Waals surface area contributed by atoms with Crippen molar-refractivity contribution in [2.75, 3.05) is 7.11 Å². The summed E-state index contributed by atoms with van der Waals surface area (Å²) in [4.78, 5) is 0. The fraction of sp³-hybridized carbons (Fsp3) is 0.181. The van der Waals surface area contributed by atoms with E-state index in [1.807, 2.05) is 169 Å². The number of nitriles is 3. The molecule has 23 nitrogen and oxygen atoms in total. The third-order valence-electron chi connectivity index (χ3n) is 21.7. The SMILES string of the molecule is COc1ccc(C)cc1-n1cnnc1SCc1ccccc1C#N.Cc1ccc(-n2cnnc2SCc2ccc(C#N)cc2)cc1C.Cc1ccc(C)c(-n2cnnc2SCc2cccc(C#N)c2)c1.Cc1ccc(CSc2nnnn2-c2cc(C)ccc2C)cc1.Cc1cccc(-n2cnnc2SCc2c(F)cccc2Cl)c1C.Cc1ccccc1-n1cnnc1SCc1cccc(C(F)(F)F)c1. The van der Waals surface area contributed by atoms with Gasteiger partial charge in [0, 0.05) is 50.8 Å². The lowest BCUT2D eigenvalue weighted by atomic mass is 10.1.